The van der Waals surface area contributed by atoms with Crippen LogP contribution in [0.1, 0.15) is 47.1 Å². The number of carbonyl (C=O) groups is 1. The van der Waals surface area contributed by atoms with E-state index in [1.54, 1.807) is 0 Å². The molecule has 2 aromatic rings. The number of aromatic nitrogens is 2. The van der Waals surface area contributed by atoms with Gasteiger partial charge >= 0.3 is 0 Å². The van der Waals surface area contributed by atoms with E-state index < -0.39 is 0 Å². The van der Waals surface area contributed by atoms with Crippen LogP contribution in [0.5, 0.6) is 0 Å². The third-order valence-electron chi connectivity index (χ3n) is 3.01. The molecule has 0 aliphatic heterocycles. The summed E-state index contributed by atoms with van der Waals surface area (Å²) in [5.74, 6) is -0.170. The van der Waals surface area contributed by atoms with Gasteiger partial charge in [-0.15, -0.1) is 16.7 Å². The molecule has 1 N–H and O–H groups in total. The molecule has 0 bridgehead atoms. The second kappa shape index (κ2) is 6.54. The molecule has 0 fully saturated rings. The normalized spacial score (nSPS) is 13.0. The first-order chi connectivity index (χ1) is 9.89. The number of benzene rings is 1. The van der Waals surface area contributed by atoms with Crippen molar-refractivity contribution in [2.75, 3.05) is 6.54 Å². The van der Waals surface area contributed by atoms with E-state index in [4.69, 9.17) is 11.6 Å². The highest BCUT2D eigenvalue weighted by atomic mass is 35.5. The third kappa shape index (κ3) is 4.02. The summed E-state index contributed by atoms with van der Waals surface area (Å²) in [5.41, 5.74) is 1.49. The Balaban J connectivity index is 2.02. The standard InChI is InChI=1S/C15H18ClN3OS/c1-15(2,3)13-12(21-19-18-13)14(20)17-9-11(16)10-7-5-4-6-8-10/h4-8,11H,9H2,1-3H3,(H,17,20). The van der Waals surface area contributed by atoms with E-state index >= 15 is 0 Å². The predicted molar refractivity (Wildman–Crippen MR) is 86.0 cm³/mol. The molecule has 2 rings (SSSR count). The molecule has 6 heteroatoms. The number of halogens is 1. The lowest BCUT2D eigenvalue weighted by atomic mass is 9.91. The third-order valence-corrected chi connectivity index (χ3v) is 4.14. The summed E-state index contributed by atoms with van der Waals surface area (Å²) in [6.07, 6.45) is 0. The van der Waals surface area contributed by atoms with Crippen LogP contribution < -0.4 is 5.32 Å². The van der Waals surface area contributed by atoms with Gasteiger partial charge in [-0.1, -0.05) is 55.6 Å². The monoisotopic (exact) mass is 323 g/mol. The van der Waals surface area contributed by atoms with E-state index in [-0.39, 0.29) is 16.7 Å². The van der Waals surface area contributed by atoms with Crippen molar-refractivity contribution in [2.45, 2.75) is 31.6 Å². The first kappa shape index (κ1) is 15.9. The summed E-state index contributed by atoms with van der Waals surface area (Å²) in [7, 11) is 0. The average molecular weight is 324 g/mol. The zero-order chi connectivity index (χ0) is 15.5. The molecule has 0 saturated carbocycles. The highest BCUT2D eigenvalue weighted by molar-refractivity contribution is 7.08. The van der Waals surface area contributed by atoms with Crippen LogP contribution in [0.2, 0.25) is 0 Å². The number of hydrogen-bond acceptors (Lipinski definition) is 4. The molecule has 1 unspecified atom stereocenters. The molecule has 112 valence electrons. The van der Waals surface area contributed by atoms with Gasteiger partial charge in [0, 0.05) is 12.0 Å². The SMILES string of the molecule is CC(C)(C)c1nnsc1C(=O)NCC(Cl)c1ccccc1. The molecule has 0 radical (unpaired) electrons. The summed E-state index contributed by atoms with van der Waals surface area (Å²) in [6.45, 7) is 6.39. The summed E-state index contributed by atoms with van der Waals surface area (Å²) in [5, 5.41) is 6.67. The maximum Gasteiger partial charge on any atom is 0.265 e. The minimum atomic E-state index is -0.255. The Hall–Kier alpha value is -1.46. The Morgan fingerprint density at radius 2 is 2.00 bits per heavy atom. The van der Waals surface area contributed by atoms with Gasteiger partial charge in [0.15, 0.2) is 0 Å². The minimum Gasteiger partial charge on any atom is -0.349 e. The Morgan fingerprint density at radius 1 is 1.33 bits per heavy atom. The van der Waals surface area contributed by atoms with Crippen molar-refractivity contribution in [3.63, 3.8) is 0 Å². The summed E-state index contributed by atoms with van der Waals surface area (Å²) in [6, 6.07) is 9.68. The minimum absolute atomic E-state index is 0.170. The molecule has 0 spiro atoms. The van der Waals surface area contributed by atoms with Crippen LogP contribution in [0.4, 0.5) is 0 Å². The maximum atomic E-state index is 12.3. The van der Waals surface area contributed by atoms with Crippen molar-refractivity contribution in [2.24, 2.45) is 0 Å². The Labute approximate surface area is 133 Å². The van der Waals surface area contributed by atoms with E-state index in [9.17, 15) is 4.79 Å². The van der Waals surface area contributed by atoms with Gasteiger partial charge in [-0.25, -0.2) is 0 Å². The lowest BCUT2D eigenvalue weighted by Crippen LogP contribution is -2.28. The van der Waals surface area contributed by atoms with Gasteiger partial charge in [-0.2, -0.15) is 0 Å². The first-order valence-electron chi connectivity index (χ1n) is 6.69. The number of alkyl halides is 1. The van der Waals surface area contributed by atoms with Crippen LogP contribution in [0.25, 0.3) is 0 Å². The number of hydrogen-bond donors (Lipinski definition) is 1. The molecule has 0 saturated heterocycles. The second-order valence-electron chi connectivity index (χ2n) is 5.79. The second-order valence-corrected chi connectivity index (χ2v) is 7.07. The van der Waals surface area contributed by atoms with Crippen molar-refractivity contribution in [3.05, 3.63) is 46.5 Å². The molecule has 0 aliphatic rings. The van der Waals surface area contributed by atoms with E-state index in [0.717, 1.165) is 22.8 Å². The molecule has 1 aromatic heterocycles. The van der Waals surface area contributed by atoms with E-state index in [2.05, 4.69) is 14.9 Å². The van der Waals surface area contributed by atoms with Crippen LogP contribution in [0.3, 0.4) is 0 Å². The van der Waals surface area contributed by atoms with Gasteiger partial charge < -0.3 is 5.32 Å². The fourth-order valence-electron chi connectivity index (χ4n) is 1.87. The Kier molecular flexibility index (Phi) is 4.96. The van der Waals surface area contributed by atoms with Crippen LogP contribution >= 0.6 is 23.1 Å². The smallest absolute Gasteiger partial charge is 0.265 e. The van der Waals surface area contributed by atoms with E-state index in [0.29, 0.717) is 11.4 Å². The van der Waals surface area contributed by atoms with Crippen molar-refractivity contribution >= 4 is 29.0 Å². The predicted octanol–water partition coefficient (Wildman–Crippen LogP) is 3.55. The highest BCUT2D eigenvalue weighted by Gasteiger charge is 2.26. The molecule has 1 aromatic carbocycles. The van der Waals surface area contributed by atoms with Crippen LogP contribution in [-0.4, -0.2) is 22.0 Å². The summed E-state index contributed by atoms with van der Waals surface area (Å²) >= 11 is 7.41. The molecule has 1 heterocycles. The number of nitrogens with one attached hydrogen (secondary N) is 1. The summed E-state index contributed by atoms with van der Waals surface area (Å²) < 4.78 is 3.89. The van der Waals surface area contributed by atoms with Crippen LogP contribution in [0.15, 0.2) is 30.3 Å². The number of nitrogens with zero attached hydrogens (tertiary/aromatic N) is 2. The Morgan fingerprint density at radius 3 is 2.62 bits per heavy atom. The van der Waals surface area contributed by atoms with Crippen molar-refractivity contribution < 1.29 is 4.79 Å². The van der Waals surface area contributed by atoms with Gasteiger partial charge in [0.1, 0.15) is 4.88 Å². The quantitative estimate of drug-likeness (QED) is 0.875. The van der Waals surface area contributed by atoms with Gasteiger partial charge in [0.2, 0.25) is 0 Å². The first-order valence-corrected chi connectivity index (χ1v) is 7.90. The summed E-state index contributed by atoms with van der Waals surface area (Å²) in [4.78, 5) is 12.8. The zero-order valence-electron chi connectivity index (χ0n) is 12.3. The van der Waals surface area contributed by atoms with Crippen molar-refractivity contribution in [1.29, 1.82) is 0 Å². The fourth-order valence-corrected chi connectivity index (χ4v) is 2.89. The average Bonchev–Trinajstić information content (AvgIpc) is 2.95. The topological polar surface area (TPSA) is 54.9 Å². The molecule has 0 aliphatic carbocycles. The van der Waals surface area contributed by atoms with Gasteiger partial charge in [0.25, 0.3) is 5.91 Å². The Bertz CT molecular complexity index is 607. The van der Waals surface area contributed by atoms with Gasteiger partial charge in [-0.3, -0.25) is 4.79 Å². The maximum absolute atomic E-state index is 12.3. The molecule has 21 heavy (non-hydrogen) atoms. The van der Waals surface area contributed by atoms with E-state index in [1.165, 1.54) is 0 Å². The molecule has 4 nitrogen and oxygen atoms in total. The fraction of sp³-hybridized carbons (Fsp3) is 0.400. The molecule has 1 amide bonds. The lowest BCUT2D eigenvalue weighted by Gasteiger charge is -2.16. The van der Waals surface area contributed by atoms with E-state index in [1.807, 2.05) is 51.1 Å². The largest absolute Gasteiger partial charge is 0.349 e. The van der Waals surface area contributed by atoms with Crippen molar-refractivity contribution in [3.8, 4) is 0 Å². The number of carbonyl (C=O) groups excluding carboxylic acids is 1. The molecular formula is C15H18ClN3OS. The van der Waals surface area contributed by atoms with Gasteiger partial charge in [0.05, 0.1) is 11.1 Å². The van der Waals surface area contributed by atoms with Crippen LogP contribution in [0, 0.1) is 0 Å². The number of rotatable bonds is 4. The van der Waals surface area contributed by atoms with Crippen LogP contribution in [-0.2, 0) is 5.41 Å². The number of amides is 1. The molecular weight excluding hydrogens is 306 g/mol. The van der Waals surface area contributed by atoms with Crippen molar-refractivity contribution in [1.82, 2.24) is 14.9 Å². The molecule has 1 atom stereocenters. The highest BCUT2D eigenvalue weighted by Crippen LogP contribution is 2.26. The van der Waals surface area contributed by atoms with Gasteiger partial charge in [-0.05, 0) is 17.1 Å². The zero-order valence-corrected chi connectivity index (χ0v) is 13.8. The lowest BCUT2D eigenvalue weighted by molar-refractivity contribution is 0.0955.